The van der Waals surface area contributed by atoms with Crippen LogP contribution in [0.1, 0.15) is 18.4 Å². The van der Waals surface area contributed by atoms with Gasteiger partial charge in [0.1, 0.15) is 5.75 Å². The van der Waals surface area contributed by atoms with Crippen molar-refractivity contribution in [1.29, 1.82) is 0 Å². The van der Waals surface area contributed by atoms with Gasteiger partial charge in [-0.25, -0.2) is 0 Å². The molecule has 4 heteroatoms. The van der Waals surface area contributed by atoms with Gasteiger partial charge in [0.25, 0.3) is 0 Å². The summed E-state index contributed by atoms with van der Waals surface area (Å²) in [6.07, 6.45) is 3.07. The average molecular weight is 265 g/mol. The number of hydrogen-bond donors (Lipinski definition) is 1. The SMILES string of the molecule is COc1c(Cl)cc(Cl)cc1CCCCS. The summed E-state index contributed by atoms with van der Waals surface area (Å²) in [6, 6.07) is 3.61. The van der Waals surface area contributed by atoms with Crippen molar-refractivity contribution in [2.75, 3.05) is 12.9 Å². The average Bonchev–Trinajstić information content (AvgIpc) is 2.17. The highest BCUT2D eigenvalue weighted by molar-refractivity contribution is 7.80. The van der Waals surface area contributed by atoms with Crippen molar-refractivity contribution in [1.82, 2.24) is 0 Å². The number of aryl methyl sites for hydroxylation is 1. The molecule has 0 spiro atoms. The number of rotatable bonds is 5. The molecule has 0 atom stereocenters. The van der Waals surface area contributed by atoms with E-state index < -0.39 is 0 Å². The molecule has 1 nitrogen and oxygen atoms in total. The molecule has 0 aliphatic rings. The fraction of sp³-hybridized carbons (Fsp3) is 0.455. The van der Waals surface area contributed by atoms with Crippen LogP contribution in [0.5, 0.6) is 5.75 Å². The molecule has 0 aliphatic heterocycles. The smallest absolute Gasteiger partial charge is 0.140 e. The van der Waals surface area contributed by atoms with Gasteiger partial charge in [-0.05, 0) is 42.7 Å². The Bertz CT molecular complexity index is 329. The van der Waals surface area contributed by atoms with E-state index in [0.29, 0.717) is 10.0 Å². The Labute approximate surface area is 106 Å². The van der Waals surface area contributed by atoms with Gasteiger partial charge in [-0.1, -0.05) is 23.2 Å². The van der Waals surface area contributed by atoms with E-state index in [2.05, 4.69) is 12.6 Å². The first kappa shape index (κ1) is 13.0. The molecule has 1 aromatic rings. The largest absolute Gasteiger partial charge is 0.495 e. The zero-order valence-corrected chi connectivity index (χ0v) is 11.0. The minimum absolute atomic E-state index is 0.575. The lowest BCUT2D eigenvalue weighted by molar-refractivity contribution is 0.409. The third-order valence-corrected chi connectivity index (χ3v) is 2.96. The van der Waals surface area contributed by atoms with Gasteiger partial charge in [0, 0.05) is 5.02 Å². The molecule has 0 aliphatic carbocycles. The van der Waals surface area contributed by atoms with Crippen molar-refractivity contribution in [2.45, 2.75) is 19.3 Å². The highest BCUT2D eigenvalue weighted by atomic mass is 35.5. The molecular formula is C11H14Cl2OS. The number of benzene rings is 1. The molecule has 1 rings (SSSR count). The summed E-state index contributed by atoms with van der Waals surface area (Å²) in [7, 11) is 1.62. The van der Waals surface area contributed by atoms with E-state index in [4.69, 9.17) is 27.9 Å². The lowest BCUT2D eigenvalue weighted by Gasteiger charge is -2.10. The molecule has 0 radical (unpaired) electrons. The van der Waals surface area contributed by atoms with Crippen LogP contribution in [-0.4, -0.2) is 12.9 Å². The van der Waals surface area contributed by atoms with E-state index in [1.54, 1.807) is 13.2 Å². The normalized spacial score (nSPS) is 10.4. The Hall–Kier alpha value is -0.0500. The Morgan fingerprint density at radius 3 is 2.60 bits per heavy atom. The predicted octanol–water partition coefficient (Wildman–Crippen LogP) is 4.25. The van der Waals surface area contributed by atoms with Crippen LogP contribution in [0.2, 0.25) is 10.0 Å². The topological polar surface area (TPSA) is 9.23 Å². The van der Waals surface area contributed by atoms with Crippen molar-refractivity contribution in [3.63, 3.8) is 0 Å². The molecule has 0 unspecified atom stereocenters. The number of thiol groups is 1. The molecule has 0 saturated heterocycles. The molecule has 0 aromatic heterocycles. The third kappa shape index (κ3) is 3.78. The first-order valence-electron chi connectivity index (χ1n) is 4.81. The molecule has 0 N–H and O–H groups in total. The fourth-order valence-corrected chi connectivity index (χ4v) is 2.29. The fourth-order valence-electron chi connectivity index (χ4n) is 1.46. The van der Waals surface area contributed by atoms with Gasteiger partial charge >= 0.3 is 0 Å². The first-order valence-corrected chi connectivity index (χ1v) is 6.20. The van der Waals surface area contributed by atoms with Crippen LogP contribution in [0.25, 0.3) is 0 Å². The second-order valence-corrected chi connectivity index (χ2v) is 4.55. The van der Waals surface area contributed by atoms with Gasteiger partial charge in [0.15, 0.2) is 0 Å². The first-order chi connectivity index (χ1) is 7.19. The van der Waals surface area contributed by atoms with Gasteiger partial charge in [0.2, 0.25) is 0 Å². The molecule has 0 saturated carbocycles. The highest BCUT2D eigenvalue weighted by Gasteiger charge is 2.09. The summed E-state index contributed by atoms with van der Waals surface area (Å²) in [5.74, 6) is 1.64. The summed E-state index contributed by atoms with van der Waals surface area (Å²) in [6.45, 7) is 0. The minimum atomic E-state index is 0.575. The van der Waals surface area contributed by atoms with Crippen molar-refractivity contribution >= 4 is 35.8 Å². The maximum absolute atomic E-state index is 6.02. The summed E-state index contributed by atoms with van der Waals surface area (Å²) in [5, 5.41) is 1.23. The third-order valence-electron chi connectivity index (χ3n) is 2.14. The Kier molecular flexibility index (Phi) is 5.65. The van der Waals surface area contributed by atoms with Gasteiger partial charge < -0.3 is 4.74 Å². The lowest BCUT2D eigenvalue weighted by atomic mass is 10.1. The van der Waals surface area contributed by atoms with Crippen molar-refractivity contribution < 1.29 is 4.74 Å². The predicted molar refractivity (Wildman–Crippen MR) is 69.8 cm³/mol. The van der Waals surface area contributed by atoms with E-state index in [1.807, 2.05) is 6.07 Å². The Morgan fingerprint density at radius 2 is 2.00 bits per heavy atom. The van der Waals surface area contributed by atoms with E-state index in [1.165, 1.54) is 0 Å². The maximum atomic E-state index is 6.02. The molecule has 0 heterocycles. The highest BCUT2D eigenvalue weighted by Crippen LogP contribution is 2.33. The summed E-state index contributed by atoms with van der Waals surface area (Å²) in [5.41, 5.74) is 1.07. The number of hydrogen-bond acceptors (Lipinski definition) is 2. The second-order valence-electron chi connectivity index (χ2n) is 3.26. The minimum Gasteiger partial charge on any atom is -0.495 e. The molecule has 0 bridgehead atoms. The molecule has 15 heavy (non-hydrogen) atoms. The van der Waals surface area contributed by atoms with Crippen LogP contribution in [0, 0.1) is 0 Å². The zero-order valence-electron chi connectivity index (χ0n) is 8.59. The molecular weight excluding hydrogens is 251 g/mol. The monoisotopic (exact) mass is 264 g/mol. The summed E-state index contributed by atoms with van der Waals surface area (Å²) in [4.78, 5) is 0. The lowest BCUT2D eigenvalue weighted by Crippen LogP contribution is -1.94. The van der Waals surface area contributed by atoms with E-state index in [-0.39, 0.29) is 0 Å². The number of unbranched alkanes of at least 4 members (excludes halogenated alkanes) is 1. The van der Waals surface area contributed by atoms with Crippen LogP contribution in [0.3, 0.4) is 0 Å². The molecule has 0 fully saturated rings. The summed E-state index contributed by atoms with van der Waals surface area (Å²) < 4.78 is 5.25. The van der Waals surface area contributed by atoms with Gasteiger partial charge in [-0.3, -0.25) is 0 Å². The van der Waals surface area contributed by atoms with Crippen LogP contribution < -0.4 is 4.74 Å². The summed E-state index contributed by atoms with van der Waals surface area (Å²) >= 11 is 16.1. The Balaban J connectivity index is 2.84. The molecule has 0 amide bonds. The second kappa shape index (κ2) is 6.51. The number of methoxy groups -OCH3 is 1. The van der Waals surface area contributed by atoms with Crippen molar-refractivity contribution in [2.24, 2.45) is 0 Å². The van der Waals surface area contributed by atoms with Gasteiger partial charge in [-0.2, -0.15) is 12.6 Å². The van der Waals surface area contributed by atoms with Crippen molar-refractivity contribution in [3.8, 4) is 5.75 Å². The number of ether oxygens (including phenoxy) is 1. The van der Waals surface area contributed by atoms with Crippen LogP contribution in [-0.2, 0) is 6.42 Å². The molecule has 84 valence electrons. The van der Waals surface area contributed by atoms with Crippen LogP contribution >= 0.6 is 35.8 Å². The van der Waals surface area contributed by atoms with Crippen molar-refractivity contribution in [3.05, 3.63) is 27.7 Å². The van der Waals surface area contributed by atoms with E-state index in [0.717, 1.165) is 36.3 Å². The van der Waals surface area contributed by atoms with Crippen LogP contribution in [0.15, 0.2) is 12.1 Å². The van der Waals surface area contributed by atoms with E-state index in [9.17, 15) is 0 Å². The standard InChI is InChI=1S/C11H14Cl2OS/c1-14-11-8(4-2-3-5-15)6-9(12)7-10(11)13/h6-7,15H,2-5H2,1H3. The Morgan fingerprint density at radius 1 is 1.27 bits per heavy atom. The van der Waals surface area contributed by atoms with E-state index >= 15 is 0 Å². The quantitative estimate of drug-likeness (QED) is 0.618. The maximum Gasteiger partial charge on any atom is 0.140 e. The van der Waals surface area contributed by atoms with Crippen LogP contribution in [0.4, 0.5) is 0 Å². The van der Waals surface area contributed by atoms with Gasteiger partial charge in [0.05, 0.1) is 12.1 Å². The number of halogens is 2. The molecule has 1 aromatic carbocycles. The van der Waals surface area contributed by atoms with Gasteiger partial charge in [-0.15, -0.1) is 0 Å². The zero-order chi connectivity index (χ0) is 11.3.